The van der Waals surface area contributed by atoms with E-state index >= 15 is 0 Å². The van der Waals surface area contributed by atoms with E-state index in [1.54, 1.807) is 0 Å². The van der Waals surface area contributed by atoms with Gasteiger partial charge in [-0.3, -0.25) is 0 Å². The molecule has 0 aromatic heterocycles. The smallest absolute Gasteiger partial charge is 0.0211 e. The third-order valence-corrected chi connectivity index (χ3v) is 2.45. The Kier molecular flexibility index (Phi) is 4.41. The normalized spacial score (nSPS) is 10.1. The molecule has 0 aliphatic carbocycles. The fourth-order valence-corrected chi connectivity index (χ4v) is 1.31. The summed E-state index contributed by atoms with van der Waals surface area (Å²) in [7, 11) is 0. The van der Waals surface area contributed by atoms with Crippen LogP contribution in [0.2, 0.25) is 0 Å². The zero-order valence-corrected chi connectivity index (χ0v) is 9.14. The maximum Gasteiger partial charge on any atom is 0.0211 e. The van der Waals surface area contributed by atoms with Crippen LogP contribution in [0.15, 0.2) is 36.4 Å². The van der Waals surface area contributed by atoms with Gasteiger partial charge in [0, 0.05) is 13.1 Å². The molecule has 0 aliphatic heterocycles. The van der Waals surface area contributed by atoms with Crippen LogP contribution in [0, 0.1) is 6.92 Å². The molecule has 1 nitrogen and oxygen atoms in total. The molecule has 0 spiro atoms. The van der Waals surface area contributed by atoms with E-state index in [-0.39, 0.29) is 0 Å². The van der Waals surface area contributed by atoms with Gasteiger partial charge in [0.1, 0.15) is 0 Å². The maximum atomic E-state index is 3.96. The van der Waals surface area contributed by atoms with Crippen molar-refractivity contribution >= 4 is 0 Å². The molecule has 0 radical (unpaired) electrons. The monoisotopic (exact) mass is 189 g/mol. The highest BCUT2D eigenvalue weighted by molar-refractivity contribution is 5.25. The van der Waals surface area contributed by atoms with Crippen LogP contribution in [0.3, 0.4) is 0 Å². The second-order valence-corrected chi connectivity index (χ2v) is 3.63. The predicted octanol–water partition coefficient (Wildman–Crippen LogP) is 3.05. The average molecular weight is 189 g/mol. The second-order valence-electron chi connectivity index (χ2n) is 3.63. The van der Waals surface area contributed by atoms with E-state index in [2.05, 4.69) is 50.0 Å². The van der Waals surface area contributed by atoms with Crippen LogP contribution in [-0.2, 0) is 6.54 Å². The Bertz CT molecular complexity index is 302. The lowest BCUT2D eigenvalue weighted by Crippen LogP contribution is -2.16. The number of rotatable bonds is 5. The van der Waals surface area contributed by atoms with E-state index in [0.717, 1.165) is 19.5 Å². The maximum absolute atomic E-state index is 3.96. The lowest BCUT2D eigenvalue weighted by atomic mass is 10.1. The van der Waals surface area contributed by atoms with Gasteiger partial charge < -0.3 is 5.32 Å². The third kappa shape index (κ3) is 3.35. The Morgan fingerprint density at radius 3 is 2.71 bits per heavy atom. The topological polar surface area (TPSA) is 12.0 Å². The molecule has 0 fully saturated rings. The van der Waals surface area contributed by atoms with E-state index in [9.17, 15) is 0 Å². The van der Waals surface area contributed by atoms with Gasteiger partial charge in [-0.05, 0) is 24.5 Å². The van der Waals surface area contributed by atoms with E-state index in [4.69, 9.17) is 0 Å². The number of nitrogens with one attached hydrogen (secondary N) is 1. The van der Waals surface area contributed by atoms with Gasteiger partial charge in [-0.2, -0.15) is 0 Å². The summed E-state index contributed by atoms with van der Waals surface area (Å²) in [5.74, 6) is 0. The van der Waals surface area contributed by atoms with Crippen LogP contribution in [0.25, 0.3) is 0 Å². The number of benzene rings is 1. The first kappa shape index (κ1) is 11.0. The third-order valence-electron chi connectivity index (χ3n) is 2.45. The fraction of sp³-hybridized carbons (Fsp3) is 0.385. The molecule has 0 atom stereocenters. The van der Waals surface area contributed by atoms with Crippen molar-refractivity contribution in [1.29, 1.82) is 0 Å². The van der Waals surface area contributed by atoms with E-state index < -0.39 is 0 Å². The van der Waals surface area contributed by atoms with Gasteiger partial charge in [-0.15, -0.1) is 0 Å². The van der Waals surface area contributed by atoms with Crippen molar-refractivity contribution in [1.82, 2.24) is 5.32 Å². The van der Waals surface area contributed by atoms with Crippen molar-refractivity contribution < 1.29 is 0 Å². The van der Waals surface area contributed by atoms with E-state index in [1.165, 1.54) is 16.7 Å². The molecule has 0 aliphatic rings. The summed E-state index contributed by atoms with van der Waals surface area (Å²) >= 11 is 0. The fourth-order valence-electron chi connectivity index (χ4n) is 1.31. The summed E-state index contributed by atoms with van der Waals surface area (Å²) in [4.78, 5) is 0. The molecular formula is C13H19N. The summed E-state index contributed by atoms with van der Waals surface area (Å²) in [6.07, 6.45) is 1.06. The van der Waals surface area contributed by atoms with Gasteiger partial charge >= 0.3 is 0 Å². The van der Waals surface area contributed by atoms with Crippen LogP contribution < -0.4 is 5.32 Å². The van der Waals surface area contributed by atoms with E-state index in [1.807, 2.05) is 0 Å². The average Bonchev–Trinajstić information content (AvgIpc) is 2.20. The van der Waals surface area contributed by atoms with Crippen LogP contribution in [-0.4, -0.2) is 6.54 Å². The van der Waals surface area contributed by atoms with Gasteiger partial charge in [-0.25, -0.2) is 0 Å². The molecule has 76 valence electrons. The molecule has 0 heterocycles. The van der Waals surface area contributed by atoms with Crippen molar-refractivity contribution in [2.75, 3.05) is 6.54 Å². The van der Waals surface area contributed by atoms with Crippen molar-refractivity contribution in [2.24, 2.45) is 0 Å². The largest absolute Gasteiger partial charge is 0.309 e. The first-order chi connectivity index (χ1) is 6.74. The van der Waals surface area contributed by atoms with Gasteiger partial charge in [0.05, 0.1) is 0 Å². The van der Waals surface area contributed by atoms with Crippen LogP contribution in [0.1, 0.15) is 24.5 Å². The minimum absolute atomic E-state index is 0.921. The minimum Gasteiger partial charge on any atom is -0.309 e. The number of hydrogen-bond acceptors (Lipinski definition) is 1. The molecule has 1 aromatic carbocycles. The lowest BCUT2D eigenvalue weighted by molar-refractivity contribution is 0.724. The van der Waals surface area contributed by atoms with Gasteiger partial charge in [0.25, 0.3) is 0 Å². The molecule has 1 heteroatoms. The summed E-state index contributed by atoms with van der Waals surface area (Å²) < 4.78 is 0. The predicted molar refractivity (Wildman–Crippen MR) is 62.3 cm³/mol. The van der Waals surface area contributed by atoms with Crippen molar-refractivity contribution in [3.05, 3.63) is 47.5 Å². The SMILES string of the molecule is C=C(CC)CNCc1ccccc1C. The summed E-state index contributed by atoms with van der Waals surface area (Å²) in [5, 5.41) is 3.39. The Labute approximate surface area is 86.8 Å². The first-order valence-corrected chi connectivity index (χ1v) is 5.16. The number of aryl methyl sites for hydroxylation is 1. The Hall–Kier alpha value is -1.08. The highest BCUT2D eigenvalue weighted by Gasteiger charge is 1.96. The molecule has 0 saturated carbocycles. The van der Waals surface area contributed by atoms with Crippen molar-refractivity contribution in [2.45, 2.75) is 26.8 Å². The first-order valence-electron chi connectivity index (χ1n) is 5.16. The minimum atomic E-state index is 0.921. The lowest BCUT2D eigenvalue weighted by Gasteiger charge is -2.08. The molecule has 0 saturated heterocycles. The summed E-state index contributed by atoms with van der Waals surface area (Å²) in [6.45, 7) is 10.1. The quantitative estimate of drug-likeness (QED) is 0.702. The van der Waals surface area contributed by atoms with Gasteiger partial charge in [0.2, 0.25) is 0 Å². The van der Waals surface area contributed by atoms with Crippen LogP contribution in [0.4, 0.5) is 0 Å². The van der Waals surface area contributed by atoms with E-state index in [0.29, 0.717) is 0 Å². The van der Waals surface area contributed by atoms with Gasteiger partial charge in [0.15, 0.2) is 0 Å². The Balaban J connectivity index is 2.39. The zero-order chi connectivity index (χ0) is 10.4. The Morgan fingerprint density at radius 2 is 2.07 bits per heavy atom. The standard InChI is InChI=1S/C13H19N/c1-4-11(2)9-14-10-13-8-6-5-7-12(13)3/h5-8,14H,2,4,9-10H2,1,3H3. The highest BCUT2D eigenvalue weighted by Crippen LogP contribution is 2.06. The molecule has 1 N–H and O–H groups in total. The number of hydrogen-bond donors (Lipinski definition) is 1. The zero-order valence-electron chi connectivity index (χ0n) is 9.14. The molecule has 0 unspecified atom stereocenters. The molecule has 0 bridgehead atoms. The van der Waals surface area contributed by atoms with Crippen molar-refractivity contribution in [3.63, 3.8) is 0 Å². The molecule has 0 amide bonds. The molecule has 1 rings (SSSR count). The molecule has 1 aromatic rings. The summed E-state index contributed by atoms with van der Waals surface area (Å²) in [6, 6.07) is 8.46. The molecule has 14 heavy (non-hydrogen) atoms. The van der Waals surface area contributed by atoms with Crippen LogP contribution in [0.5, 0.6) is 0 Å². The highest BCUT2D eigenvalue weighted by atomic mass is 14.8. The Morgan fingerprint density at radius 1 is 1.36 bits per heavy atom. The summed E-state index contributed by atoms with van der Waals surface area (Å²) in [5.41, 5.74) is 3.98. The van der Waals surface area contributed by atoms with Crippen molar-refractivity contribution in [3.8, 4) is 0 Å². The second kappa shape index (κ2) is 5.61. The molecular weight excluding hydrogens is 170 g/mol. The van der Waals surface area contributed by atoms with Gasteiger partial charge in [-0.1, -0.05) is 43.3 Å². The van der Waals surface area contributed by atoms with Crippen LogP contribution >= 0.6 is 0 Å².